The van der Waals surface area contributed by atoms with Crippen LogP contribution in [0, 0.1) is 11.8 Å². The van der Waals surface area contributed by atoms with Crippen molar-refractivity contribution in [3.63, 3.8) is 0 Å². The first-order chi connectivity index (χ1) is 17.3. The molecule has 0 radical (unpaired) electrons. The third-order valence-corrected chi connectivity index (χ3v) is 6.41. The number of aliphatic hydroxyl groups is 1. The minimum atomic E-state index is -2.95. The van der Waals surface area contributed by atoms with Gasteiger partial charge >= 0.3 is 0 Å². The van der Waals surface area contributed by atoms with Crippen molar-refractivity contribution in [2.75, 3.05) is 18.6 Å². The van der Waals surface area contributed by atoms with E-state index < -0.39 is 15.9 Å². The van der Waals surface area contributed by atoms with E-state index in [9.17, 15) is 13.5 Å². The van der Waals surface area contributed by atoms with Crippen molar-refractivity contribution < 1.29 is 18.0 Å². The first kappa shape index (κ1) is 25.4. The molecule has 1 unspecified atom stereocenters. The number of nitrogens with one attached hydrogen (secondary N) is 1. The van der Waals surface area contributed by atoms with Crippen molar-refractivity contribution in [3.05, 3.63) is 95.2 Å². The summed E-state index contributed by atoms with van der Waals surface area (Å²) in [5, 5.41) is 17.1. The van der Waals surface area contributed by atoms with Gasteiger partial charge in [0.1, 0.15) is 27.5 Å². The first-order valence-corrected chi connectivity index (χ1v) is 13.6. The molecule has 0 bridgehead atoms. The number of hydrogen-bond donors (Lipinski definition) is 2. The molecule has 0 amide bonds. The maximum absolute atomic E-state index is 11.2. The summed E-state index contributed by atoms with van der Waals surface area (Å²) >= 11 is 0. The van der Waals surface area contributed by atoms with Gasteiger partial charge in [-0.05, 0) is 48.9 Å². The fraction of sp³-hybridized carbons (Fsp3) is 0.259. The number of imidazole rings is 1. The average Bonchev–Trinajstić information content (AvgIpc) is 3.51. The summed E-state index contributed by atoms with van der Waals surface area (Å²) in [5.41, 5.74) is 4.48. The van der Waals surface area contributed by atoms with Crippen LogP contribution in [-0.2, 0) is 22.9 Å². The molecule has 0 saturated heterocycles. The fourth-order valence-electron chi connectivity index (χ4n) is 3.58. The van der Waals surface area contributed by atoms with Gasteiger partial charge in [0.15, 0.2) is 5.76 Å². The van der Waals surface area contributed by atoms with Gasteiger partial charge in [-0.25, -0.2) is 13.4 Å². The Balaban J connectivity index is 1.34. The molecule has 36 heavy (non-hydrogen) atoms. The van der Waals surface area contributed by atoms with E-state index in [0.29, 0.717) is 31.2 Å². The van der Waals surface area contributed by atoms with Crippen LogP contribution in [0.3, 0.4) is 0 Å². The highest BCUT2D eigenvalue weighted by Crippen LogP contribution is 2.22. The molecule has 4 rings (SSSR count). The Hall–Kier alpha value is -3.71. The highest BCUT2D eigenvalue weighted by Gasteiger charge is 2.12. The van der Waals surface area contributed by atoms with Crippen molar-refractivity contribution in [2.45, 2.75) is 26.1 Å². The van der Waals surface area contributed by atoms with Crippen molar-refractivity contribution in [1.29, 1.82) is 0 Å². The third kappa shape index (κ3) is 7.15. The Labute approximate surface area is 210 Å². The molecule has 0 aliphatic carbocycles. The summed E-state index contributed by atoms with van der Waals surface area (Å²) in [6.07, 6.45) is 4.03. The normalized spacial score (nSPS) is 12.2. The van der Waals surface area contributed by atoms with E-state index in [1.54, 1.807) is 19.3 Å². The van der Waals surface area contributed by atoms with Gasteiger partial charge in [0.2, 0.25) is 0 Å². The summed E-state index contributed by atoms with van der Waals surface area (Å²) in [6, 6.07) is 17.5. The molecule has 2 aromatic carbocycles. The zero-order valence-electron chi connectivity index (χ0n) is 20.2. The molecule has 0 aliphatic rings. The van der Waals surface area contributed by atoms with Gasteiger partial charge in [-0.1, -0.05) is 29.1 Å². The maximum atomic E-state index is 11.2. The Kier molecular flexibility index (Phi) is 8.00. The van der Waals surface area contributed by atoms with E-state index in [0.717, 1.165) is 27.9 Å². The minimum Gasteiger partial charge on any atom is -0.385 e. The molecular weight excluding hydrogens is 476 g/mol. The number of hydrogen-bond acceptors (Lipinski definition) is 7. The molecule has 2 N–H and O–H groups in total. The zero-order valence-corrected chi connectivity index (χ0v) is 21.0. The zero-order chi connectivity index (χ0) is 25.5. The Morgan fingerprint density at radius 3 is 2.39 bits per heavy atom. The number of sulfone groups is 1. The van der Waals surface area contributed by atoms with Crippen LogP contribution < -0.4 is 5.32 Å². The number of benzene rings is 2. The molecule has 2 aromatic heterocycles. The van der Waals surface area contributed by atoms with E-state index in [1.807, 2.05) is 59.2 Å². The van der Waals surface area contributed by atoms with Crippen LogP contribution in [0.5, 0.6) is 0 Å². The quantitative estimate of drug-likeness (QED) is 0.266. The fourth-order valence-corrected chi connectivity index (χ4v) is 4.09. The Bertz CT molecular complexity index is 1460. The van der Waals surface area contributed by atoms with Crippen LogP contribution in [0.25, 0.3) is 11.3 Å². The predicted octanol–water partition coefficient (Wildman–Crippen LogP) is 3.17. The summed E-state index contributed by atoms with van der Waals surface area (Å²) in [5.74, 6) is 7.70. The van der Waals surface area contributed by atoms with Crippen LogP contribution in [0.4, 0.5) is 0 Å². The van der Waals surface area contributed by atoms with Crippen LogP contribution in [0.2, 0.25) is 0 Å². The van der Waals surface area contributed by atoms with Gasteiger partial charge in [0, 0.05) is 54.5 Å². The van der Waals surface area contributed by atoms with Gasteiger partial charge in [0.25, 0.3) is 0 Å². The molecular formula is C27H28N4O4S. The van der Waals surface area contributed by atoms with Crippen LogP contribution >= 0.6 is 0 Å². The van der Waals surface area contributed by atoms with Gasteiger partial charge < -0.3 is 19.5 Å². The molecule has 1 atom stereocenters. The number of nitrogens with zero attached hydrogens (tertiary/aromatic N) is 3. The first-order valence-electron chi connectivity index (χ1n) is 11.5. The lowest BCUT2D eigenvalue weighted by atomic mass is 10.1. The van der Waals surface area contributed by atoms with E-state index in [4.69, 9.17) is 4.52 Å². The molecule has 4 aromatic rings. The highest BCUT2D eigenvalue weighted by atomic mass is 32.2. The molecule has 9 heteroatoms. The van der Waals surface area contributed by atoms with Crippen LogP contribution in [0.1, 0.15) is 41.2 Å². The van der Waals surface area contributed by atoms with Crippen LogP contribution in [-0.4, -0.2) is 46.8 Å². The highest BCUT2D eigenvalue weighted by molar-refractivity contribution is 7.90. The average molecular weight is 505 g/mol. The number of aliphatic hydroxyl groups excluding tert-OH is 1. The lowest BCUT2D eigenvalue weighted by Crippen LogP contribution is -2.21. The second-order valence-corrected chi connectivity index (χ2v) is 10.9. The number of rotatable bonds is 9. The van der Waals surface area contributed by atoms with Crippen molar-refractivity contribution in [2.24, 2.45) is 0 Å². The number of aromatic nitrogens is 3. The summed E-state index contributed by atoms with van der Waals surface area (Å²) in [7, 11) is -2.95. The van der Waals surface area contributed by atoms with Gasteiger partial charge in [-0.2, -0.15) is 0 Å². The maximum Gasteiger partial charge on any atom is 0.167 e. The Morgan fingerprint density at radius 1 is 1.08 bits per heavy atom. The van der Waals surface area contributed by atoms with E-state index >= 15 is 0 Å². The molecule has 0 saturated carbocycles. The summed E-state index contributed by atoms with van der Waals surface area (Å²) in [6.45, 7) is 3.18. The van der Waals surface area contributed by atoms with Gasteiger partial charge in [0.05, 0.1) is 12.3 Å². The predicted molar refractivity (Wildman–Crippen MR) is 138 cm³/mol. The standard InChI is InChI=1S/C27H28N4O4S/c1-20(32)27-29-13-15-31(27)19-25-17-26(35-30-25)24-11-9-22(10-12-24)4-3-21-5-7-23(8-6-21)18-28-14-16-36(2,33)34/h5-13,15,17,20,28,32H,14,16,18-19H2,1-2H3. The molecule has 2 heterocycles. The second-order valence-electron chi connectivity index (χ2n) is 8.60. The van der Waals surface area contributed by atoms with Crippen LogP contribution in [0.15, 0.2) is 71.5 Å². The van der Waals surface area contributed by atoms with E-state index in [1.165, 1.54) is 6.26 Å². The Morgan fingerprint density at radius 2 is 1.75 bits per heavy atom. The second kappa shape index (κ2) is 11.4. The smallest absolute Gasteiger partial charge is 0.167 e. The van der Waals surface area contributed by atoms with E-state index in [2.05, 4.69) is 27.3 Å². The topological polar surface area (TPSA) is 110 Å². The lowest BCUT2D eigenvalue weighted by Gasteiger charge is -2.07. The minimum absolute atomic E-state index is 0.128. The van der Waals surface area contributed by atoms with Gasteiger partial charge in [-0.3, -0.25) is 0 Å². The molecule has 8 nitrogen and oxygen atoms in total. The largest absolute Gasteiger partial charge is 0.385 e. The van der Waals surface area contributed by atoms with Crippen molar-refractivity contribution in [3.8, 4) is 23.2 Å². The van der Waals surface area contributed by atoms with Crippen molar-refractivity contribution >= 4 is 9.84 Å². The van der Waals surface area contributed by atoms with Crippen molar-refractivity contribution in [1.82, 2.24) is 20.0 Å². The van der Waals surface area contributed by atoms with Gasteiger partial charge in [-0.15, -0.1) is 0 Å². The summed E-state index contributed by atoms with van der Waals surface area (Å²) in [4.78, 5) is 4.17. The third-order valence-electron chi connectivity index (χ3n) is 5.47. The monoisotopic (exact) mass is 504 g/mol. The van der Waals surface area contributed by atoms with E-state index in [-0.39, 0.29) is 5.75 Å². The molecule has 0 aliphatic heterocycles. The molecule has 0 fully saturated rings. The SMILES string of the molecule is CC(O)c1nccn1Cc1cc(-c2ccc(C#Cc3ccc(CNCCS(C)(=O)=O)cc3)cc2)on1. The lowest BCUT2D eigenvalue weighted by molar-refractivity contribution is 0.184. The molecule has 186 valence electrons. The summed E-state index contributed by atoms with van der Waals surface area (Å²) < 4.78 is 29.7. The molecule has 0 spiro atoms.